The molecule has 2 N–H and O–H groups in total. The van der Waals surface area contributed by atoms with Gasteiger partial charge in [0.2, 0.25) is 0 Å². The van der Waals surface area contributed by atoms with Crippen LogP contribution in [0.2, 0.25) is 5.02 Å². The molecule has 0 atom stereocenters. The lowest BCUT2D eigenvalue weighted by molar-refractivity contribution is -0.119. The Bertz CT molecular complexity index is 609. The average molecular weight is 292 g/mol. The molecule has 2 rings (SSSR count). The van der Waals surface area contributed by atoms with Crippen LogP contribution in [0.3, 0.4) is 0 Å². The van der Waals surface area contributed by atoms with Gasteiger partial charge in [0, 0.05) is 10.7 Å². The highest BCUT2D eigenvalue weighted by Crippen LogP contribution is 2.19. The second-order valence-corrected chi connectivity index (χ2v) is 4.56. The molecule has 0 bridgehead atoms. The van der Waals surface area contributed by atoms with E-state index in [2.05, 4.69) is 15.8 Å². The van der Waals surface area contributed by atoms with Crippen molar-refractivity contribution in [3.8, 4) is 0 Å². The summed E-state index contributed by atoms with van der Waals surface area (Å²) in [4.78, 5) is 11.6. The molecular formula is C14H14ClN3O2. The molecule has 0 aliphatic heterocycles. The van der Waals surface area contributed by atoms with Crippen molar-refractivity contribution in [1.82, 2.24) is 5.43 Å². The van der Waals surface area contributed by atoms with Gasteiger partial charge in [0.15, 0.2) is 0 Å². The number of nitrogens with zero attached hydrogens (tertiary/aromatic N) is 1. The molecule has 1 aromatic heterocycles. The van der Waals surface area contributed by atoms with Crippen molar-refractivity contribution in [2.45, 2.75) is 6.92 Å². The molecule has 20 heavy (non-hydrogen) atoms. The minimum atomic E-state index is -0.248. The summed E-state index contributed by atoms with van der Waals surface area (Å²) in [5.41, 5.74) is 4.24. The molecule has 5 nitrogen and oxygen atoms in total. The molecule has 0 spiro atoms. The number of nitrogens with one attached hydrogen (secondary N) is 2. The van der Waals surface area contributed by atoms with Crippen LogP contribution in [0.1, 0.15) is 11.3 Å². The van der Waals surface area contributed by atoms with Gasteiger partial charge in [-0.3, -0.25) is 4.79 Å². The Balaban J connectivity index is 1.80. The summed E-state index contributed by atoms with van der Waals surface area (Å²) in [5.74, 6) is 0.328. The number of amides is 1. The molecule has 0 aliphatic carbocycles. The van der Waals surface area contributed by atoms with Gasteiger partial charge in [0.1, 0.15) is 5.76 Å². The van der Waals surface area contributed by atoms with Crippen molar-refractivity contribution in [3.05, 3.63) is 52.9 Å². The topological polar surface area (TPSA) is 66.6 Å². The van der Waals surface area contributed by atoms with Gasteiger partial charge in [0.25, 0.3) is 5.91 Å². The van der Waals surface area contributed by atoms with E-state index in [1.54, 1.807) is 18.2 Å². The lowest BCUT2D eigenvalue weighted by Gasteiger charge is -2.08. The van der Waals surface area contributed by atoms with Crippen molar-refractivity contribution in [2.75, 3.05) is 11.9 Å². The molecule has 1 aromatic carbocycles. The Labute approximate surface area is 121 Å². The van der Waals surface area contributed by atoms with Crippen LogP contribution in [0.5, 0.6) is 0 Å². The molecule has 6 heteroatoms. The Morgan fingerprint density at radius 3 is 3.00 bits per heavy atom. The van der Waals surface area contributed by atoms with Gasteiger partial charge in [-0.1, -0.05) is 11.6 Å². The van der Waals surface area contributed by atoms with Gasteiger partial charge in [-0.25, -0.2) is 5.43 Å². The molecule has 0 fully saturated rings. The molecule has 0 saturated heterocycles. The van der Waals surface area contributed by atoms with E-state index in [-0.39, 0.29) is 12.5 Å². The highest BCUT2D eigenvalue weighted by Gasteiger charge is 2.02. The first kappa shape index (κ1) is 14.1. The van der Waals surface area contributed by atoms with Crippen LogP contribution in [-0.4, -0.2) is 18.7 Å². The smallest absolute Gasteiger partial charge is 0.259 e. The number of carbonyl (C=O) groups excluding carboxylic acids is 1. The average Bonchev–Trinajstić information content (AvgIpc) is 2.91. The van der Waals surface area contributed by atoms with E-state index in [0.29, 0.717) is 10.8 Å². The summed E-state index contributed by atoms with van der Waals surface area (Å²) in [6.45, 7) is 2.04. The largest absolute Gasteiger partial charge is 0.463 e. The lowest BCUT2D eigenvalue weighted by Crippen LogP contribution is -2.26. The van der Waals surface area contributed by atoms with Crippen LogP contribution in [0.15, 0.2) is 46.1 Å². The van der Waals surface area contributed by atoms with Crippen LogP contribution in [-0.2, 0) is 4.79 Å². The van der Waals surface area contributed by atoms with E-state index in [1.165, 1.54) is 12.5 Å². The van der Waals surface area contributed by atoms with Gasteiger partial charge >= 0.3 is 0 Å². The van der Waals surface area contributed by atoms with Crippen molar-refractivity contribution >= 4 is 29.4 Å². The quantitative estimate of drug-likeness (QED) is 0.657. The zero-order valence-electron chi connectivity index (χ0n) is 10.9. The monoisotopic (exact) mass is 291 g/mol. The van der Waals surface area contributed by atoms with Crippen LogP contribution >= 0.6 is 11.6 Å². The molecule has 0 radical (unpaired) electrons. The lowest BCUT2D eigenvalue weighted by atomic mass is 10.2. The summed E-state index contributed by atoms with van der Waals surface area (Å²) >= 11 is 5.86. The maximum absolute atomic E-state index is 11.6. The summed E-state index contributed by atoms with van der Waals surface area (Å²) < 4.78 is 5.04. The third-order valence-electron chi connectivity index (χ3n) is 2.55. The zero-order chi connectivity index (χ0) is 14.4. The number of halogens is 1. The number of furan rings is 1. The number of carbonyl (C=O) groups is 1. The molecular weight excluding hydrogens is 278 g/mol. The number of benzene rings is 1. The summed E-state index contributed by atoms with van der Waals surface area (Å²) in [6.07, 6.45) is 2.97. The molecule has 104 valence electrons. The van der Waals surface area contributed by atoms with Crippen LogP contribution in [0.25, 0.3) is 0 Å². The molecule has 2 aromatic rings. The van der Waals surface area contributed by atoms with E-state index in [9.17, 15) is 4.79 Å². The second kappa shape index (κ2) is 6.77. The van der Waals surface area contributed by atoms with Crippen LogP contribution in [0.4, 0.5) is 5.69 Å². The fraction of sp³-hybridized carbons (Fsp3) is 0.143. The predicted octanol–water partition coefficient (Wildman–Crippen LogP) is 2.80. The molecule has 0 aliphatic rings. The first-order chi connectivity index (χ1) is 9.65. The van der Waals surface area contributed by atoms with Gasteiger partial charge in [-0.05, 0) is 42.8 Å². The van der Waals surface area contributed by atoms with E-state index < -0.39 is 0 Å². The first-order valence-corrected chi connectivity index (χ1v) is 6.38. The number of hydrogen-bond donors (Lipinski definition) is 2. The van der Waals surface area contributed by atoms with Crippen molar-refractivity contribution in [1.29, 1.82) is 0 Å². The zero-order valence-corrected chi connectivity index (χ0v) is 11.6. The van der Waals surface area contributed by atoms with Crippen LogP contribution < -0.4 is 10.7 Å². The highest BCUT2D eigenvalue weighted by molar-refractivity contribution is 6.30. The molecule has 0 unspecified atom stereocenters. The third kappa shape index (κ3) is 4.13. The minimum absolute atomic E-state index is 0.123. The van der Waals surface area contributed by atoms with Gasteiger partial charge in [0.05, 0.1) is 19.0 Å². The fourth-order valence-corrected chi connectivity index (χ4v) is 1.80. The van der Waals surface area contributed by atoms with Gasteiger partial charge in [-0.2, -0.15) is 5.10 Å². The van der Waals surface area contributed by atoms with Gasteiger partial charge in [-0.15, -0.1) is 0 Å². The van der Waals surface area contributed by atoms with Gasteiger partial charge < -0.3 is 9.73 Å². The maximum atomic E-state index is 11.6. The Hall–Kier alpha value is -2.27. The summed E-state index contributed by atoms with van der Waals surface area (Å²) in [7, 11) is 0. The Kier molecular flexibility index (Phi) is 4.79. The van der Waals surface area contributed by atoms with E-state index in [0.717, 1.165) is 11.3 Å². The molecule has 1 heterocycles. The SMILES string of the molecule is Cc1cc(Cl)ccc1NCC(=O)NN=Cc1ccco1. The predicted molar refractivity (Wildman–Crippen MR) is 79.1 cm³/mol. The Morgan fingerprint density at radius 2 is 2.30 bits per heavy atom. The maximum Gasteiger partial charge on any atom is 0.259 e. The number of aryl methyl sites for hydroxylation is 1. The Morgan fingerprint density at radius 1 is 1.45 bits per heavy atom. The van der Waals surface area contributed by atoms with Crippen molar-refractivity contribution in [3.63, 3.8) is 0 Å². The number of hydrogen-bond acceptors (Lipinski definition) is 4. The highest BCUT2D eigenvalue weighted by atomic mass is 35.5. The van der Waals surface area contributed by atoms with Crippen molar-refractivity contribution < 1.29 is 9.21 Å². The first-order valence-electron chi connectivity index (χ1n) is 6.00. The van der Waals surface area contributed by atoms with E-state index in [4.69, 9.17) is 16.0 Å². The molecule has 1 amide bonds. The number of anilines is 1. The number of rotatable bonds is 5. The van der Waals surface area contributed by atoms with Crippen LogP contribution in [0, 0.1) is 6.92 Å². The molecule has 0 saturated carbocycles. The summed E-state index contributed by atoms with van der Waals surface area (Å²) in [6, 6.07) is 8.91. The second-order valence-electron chi connectivity index (χ2n) is 4.12. The number of hydrazone groups is 1. The normalized spacial score (nSPS) is 10.7. The standard InChI is InChI=1S/C14H14ClN3O2/c1-10-7-11(15)4-5-13(10)16-9-14(19)18-17-8-12-3-2-6-20-12/h2-8,16H,9H2,1H3,(H,18,19). The third-order valence-corrected chi connectivity index (χ3v) is 2.79. The van der Waals surface area contributed by atoms with Crippen molar-refractivity contribution in [2.24, 2.45) is 5.10 Å². The minimum Gasteiger partial charge on any atom is -0.463 e. The fourth-order valence-electron chi connectivity index (χ4n) is 1.57. The summed E-state index contributed by atoms with van der Waals surface area (Å²) in [5, 5.41) is 7.47. The van der Waals surface area contributed by atoms with E-state index >= 15 is 0 Å². The van der Waals surface area contributed by atoms with E-state index in [1.807, 2.05) is 19.1 Å².